The van der Waals surface area contributed by atoms with Crippen LogP contribution in [0.2, 0.25) is 0 Å². The van der Waals surface area contributed by atoms with E-state index in [-0.39, 0.29) is 5.91 Å². The molecule has 0 aliphatic carbocycles. The Morgan fingerprint density at radius 2 is 1.71 bits per heavy atom. The highest BCUT2D eigenvalue weighted by Gasteiger charge is 2.19. The zero-order chi connectivity index (χ0) is 23.9. The van der Waals surface area contributed by atoms with E-state index in [0.29, 0.717) is 19.0 Å². The molecule has 7 nitrogen and oxygen atoms in total. The minimum atomic E-state index is 0.0394. The number of benzene rings is 2. The number of hydrogen-bond acceptors (Lipinski definition) is 5. The van der Waals surface area contributed by atoms with Gasteiger partial charge in [0.05, 0.1) is 31.6 Å². The van der Waals surface area contributed by atoms with Gasteiger partial charge in [-0.05, 0) is 54.8 Å². The van der Waals surface area contributed by atoms with Crippen molar-refractivity contribution in [2.24, 2.45) is 5.92 Å². The quantitative estimate of drug-likeness (QED) is 0.528. The molecule has 0 unspecified atom stereocenters. The van der Waals surface area contributed by atoms with Crippen LogP contribution >= 0.6 is 0 Å². The van der Waals surface area contributed by atoms with E-state index in [9.17, 15) is 4.79 Å². The summed E-state index contributed by atoms with van der Waals surface area (Å²) in [5.41, 5.74) is 4.25. The Balaban J connectivity index is 1.32. The second-order valence-electron chi connectivity index (χ2n) is 9.21. The predicted octanol–water partition coefficient (Wildman–Crippen LogP) is 3.52. The minimum absolute atomic E-state index is 0.0394. The molecule has 1 aliphatic heterocycles. The van der Waals surface area contributed by atoms with Crippen LogP contribution in [-0.4, -0.2) is 60.4 Å². The normalized spacial score (nSPS) is 14.4. The number of methoxy groups -OCH3 is 1. The summed E-state index contributed by atoms with van der Waals surface area (Å²) in [5, 5.41) is 7.85. The number of nitrogens with one attached hydrogen (secondary N) is 1. The molecule has 2 aromatic carbocycles. The Bertz CT molecular complexity index is 1050. The van der Waals surface area contributed by atoms with Crippen molar-refractivity contribution in [2.45, 2.75) is 26.8 Å². The number of nitrogens with zero attached hydrogens (tertiary/aromatic N) is 4. The summed E-state index contributed by atoms with van der Waals surface area (Å²) in [4.78, 5) is 17.2. The first-order valence-electron chi connectivity index (χ1n) is 12.0. The number of anilines is 1. The summed E-state index contributed by atoms with van der Waals surface area (Å²) >= 11 is 0. The lowest BCUT2D eigenvalue weighted by Gasteiger charge is -2.35. The largest absolute Gasteiger partial charge is 0.497 e. The Morgan fingerprint density at radius 1 is 1.00 bits per heavy atom. The standard InChI is InChI=1S/C27H35N5O2/c1-21(2)17-25-18-22(29-32(25)24-9-11-26(34-3)12-10-24)19-28-27(33)20-30-13-15-31(16-14-30)23-7-5-4-6-8-23/h4-12,18,21H,13-17,19-20H2,1-3H3,(H,28,33). The van der Waals surface area contributed by atoms with Crippen molar-refractivity contribution < 1.29 is 9.53 Å². The number of carbonyl (C=O) groups excluding carboxylic acids is 1. The average Bonchev–Trinajstić information content (AvgIpc) is 3.25. The van der Waals surface area contributed by atoms with Crippen LogP contribution in [0.25, 0.3) is 5.69 Å². The molecule has 0 atom stereocenters. The molecule has 34 heavy (non-hydrogen) atoms. The first-order valence-corrected chi connectivity index (χ1v) is 12.0. The molecule has 2 heterocycles. The van der Waals surface area contributed by atoms with E-state index in [1.807, 2.05) is 35.0 Å². The van der Waals surface area contributed by atoms with E-state index in [2.05, 4.69) is 59.3 Å². The van der Waals surface area contributed by atoms with Crippen molar-refractivity contribution in [3.63, 3.8) is 0 Å². The summed E-state index contributed by atoms with van der Waals surface area (Å²) in [6.07, 6.45) is 0.915. The smallest absolute Gasteiger partial charge is 0.234 e. The summed E-state index contributed by atoms with van der Waals surface area (Å²) in [7, 11) is 1.66. The third kappa shape index (κ3) is 6.17. The number of para-hydroxylation sites is 1. The summed E-state index contributed by atoms with van der Waals surface area (Å²) in [5.74, 6) is 1.36. The van der Waals surface area contributed by atoms with Crippen LogP contribution in [0.3, 0.4) is 0 Å². The van der Waals surface area contributed by atoms with Crippen LogP contribution < -0.4 is 15.0 Å². The average molecular weight is 462 g/mol. The van der Waals surface area contributed by atoms with Crippen LogP contribution in [0.15, 0.2) is 60.7 Å². The van der Waals surface area contributed by atoms with Crippen molar-refractivity contribution in [2.75, 3.05) is 44.7 Å². The summed E-state index contributed by atoms with van der Waals surface area (Å²) < 4.78 is 7.25. The van der Waals surface area contributed by atoms with E-state index >= 15 is 0 Å². The molecule has 1 aromatic heterocycles. The molecule has 0 bridgehead atoms. The number of aromatic nitrogens is 2. The third-order valence-corrected chi connectivity index (χ3v) is 6.10. The second kappa shape index (κ2) is 11.2. The number of amides is 1. The molecule has 0 radical (unpaired) electrons. The highest BCUT2D eigenvalue weighted by Crippen LogP contribution is 2.19. The molecule has 180 valence electrons. The van der Waals surface area contributed by atoms with Gasteiger partial charge in [0.1, 0.15) is 5.75 Å². The Kier molecular flexibility index (Phi) is 7.85. The molecule has 0 spiro atoms. The predicted molar refractivity (Wildman–Crippen MR) is 136 cm³/mol. The topological polar surface area (TPSA) is 62.6 Å². The van der Waals surface area contributed by atoms with Crippen molar-refractivity contribution in [1.82, 2.24) is 20.0 Å². The summed E-state index contributed by atoms with van der Waals surface area (Å²) in [6.45, 7) is 8.87. The highest BCUT2D eigenvalue weighted by atomic mass is 16.5. The molecule has 1 fully saturated rings. The second-order valence-corrected chi connectivity index (χ2v) is 9.21. The van der Waals surface area contributed by atoms with E-state index in [4.69, 9.17) is 9.84 Å². The van der Waals surface area contributed by atoms with Gasteiger partial charge >= 0.3 is 0 Å². The molecule has 4 rings (SSSR count). The van der Waals surface area contributed by atoms with Crippen LogP contribution in [-0.2, 0) is 17.8 Å². The fraction of sp³-hybridized carbons (Fsp3) is 0.407. The van der Waals surface area contributed by atoms with Crippen molar-refractivity contribution >= 4 is 11.6 Å². The van der Waals surface area contributed by atoms with Gasteiger partial charge in [-0.3, -0.25) is 9.69 Å². The van der Waals surface area contributed by atoms with Crippen LogP contribution in [0, 0.1) is 5.92 Å². The molecule has 1 amide bonds. The van der Waals surface area contributed by atoms with Gasteiger partial charge in [-0.2, -0.15) is 5.10 Å². The van der Waals surface area contributed by atoms with Gasteiger partial charge in [-0.1, -0.05) is 32.0 Å². The minimum Gasteiger partial charge on any atom is -0.497 e. The lowest BCUT2D eigenvalue weighted by atomic mass is 10.1. The molecular formula is C27H35N5O2. The fourth-order valence-electron chi connectivity index (χ4n) is 4.32. The maximum absolute atomic E-state index is 12.6. The molecular weight excluding hydrogens is 426 g/mol. The van der Waals surface area contributed by atoms with Crippen molar-refractivity contribution in [1.29, 1.82) is 0 Å². The van der Waals surface area contributed by atoms with Gasteiger partial charge in [0.15, 0.2) is 0 Å². The number of piperazine rings is 1. The molecule has 7 heteroatoms. The maximum Gasteiger partial charge on any atom is 0.234 e. The van der Waals surface area contributed by atoms with Gasteiger partial charge in [0.2, 0.25) is 5.91 Å². The maximum atomic E-state index is 12.6. The molecule has 3 aromatic rings. The first-order chi connectivity index (χ1) is 16.5. The van der Waals surface area contributed by atoms with Gasteiger partial charge in [-0.25, -0.2) is 4.68 Å². The third-order valence-electron chi connectivity index (χ3n) is 6.10. The van der Waals surface area contributed by atoms with E-state index in [1.165, 1.54) is 5.69 Å². The first kappa shape index (κ1) is 23.8. The fourth-order valence-corrected chi connectivity index (χ4v) is 4.32. The Morgan fingerprint density at radius 3 is 2.35 bits per heavy atom. The highest BCUT2D eigenvalue weighted by molar-refractivity contribution is 5.78. The molecule has 1 N–H and O–H groups in total. The van der Waals surface area contributed by atoms with Gasteiger partial charge in [0, 0.05) is 37.6 Å². The molecule has 1 aliphatic rings. The van der Waals surface area contributed by atoms with Gasteiger partial charge in [0.25, 0.3) is 0 Å². The van der Waals surface area contributed by atoms with Crippen LogP contribution in [0.4, 0.5) is 5.69 Å². The van der Waals surface area contributed by atoms with Crippen LogP contribution in [0.1, 0.15) is 25.2 Å². The van der Waals surface area contributed by atoms with Gasteiger partial charge < -0.3 is 15.0 Å². The Labute approximate surface area is 202 Å². The zero-order valence-electron chi connectivity index (χ0n) is 20.4. The SMILES string of the molecule is COc1ccc(-n2nc(CNC(=O)CN3CCN(c4ccccc4)CC3)cc2CC(C)C)cc1. The lowest BCUT2D eigenvalue weighted by molar-refractivity contribution is -0.122. The van der Waals surface area contributed by atoms with E-state index in [1.54, 1.807) is 7.11 Å². The lowest BCUT2D eigenvalue weighted by Crippen LogP contribution is -2.49. The van der Waals surface area contributed by atoms with Crippen molar-refractivity contribution in [3.8, 4) is 11.4 Å². The van der Waals surface area contributed by atoms with Gasteiger partial charge in [-0.15, -0.1) is 0 Å². The summed E-state index contributed by atoms with van der Waals surface area (Å²) in [6, 6.07) is 20.4. The van der Waals surface area contributed by atoms with E-state index in [0.717, 1.165) is 55.4 Å². The van der Waals surface area contributed by atoms with Crippen molar-refractivity contribution in [3.05, 3.63) is 72.1 Å². The van der Waals surface area contributed by atoms with E-state index < -0.39 is 0 Å². The van der Waals surface area contributed by atoms with Crippen LogP contribution in [0.5, 0.6) is 5.75 Å². The molecule has 1 saturated heterocycles. The number of carbonyl (C=O) groups is 1. The number of hydrogen-bond donors (Lipinski definition) is 1. The number of rotatable bonds is 9. The molecule has 0 saturated carbocycles. The number of ether oxygens (including phenoxy) is 1. The zero-order valence-corrected chi connectivity index (χ0v) is 20.4. The monoisotopic (exact) mass is 461 g/mol. The Hall–Kier alpha value is -3.32.